The molecule has 4 amide bonds. The Bertz CT molecular complexity index is 2260. The molecule has 4 bridgehead atoms. The van der Waals surface area contributed by atoms with E-state index in [-0.39, 0.29) is 55.1 Å². The molecule has 1 saturated heterocycles. The van der Waals surface area contributed by atoms with Gasteiger partial charge in [-0.1, -0.05) is 25.1 Å². The Hall–Kier alpha value is -6.00. The zero-order chi connectivity index (χ0) is 43.7. The number of pyridine rings is 1. The van der Waals surface area contributed by atoms with Crippen LogP contribution in [0.15, 0.2) is 60.8 Å². The van der Waals surface area contributed by atoms with E-state index < -0.39 is 59.5 Å². The Balaban J connectivity index is 1.40. The van der Waals surface area contributed by atoms with Crippen molar-refractivity contribution in [3.05, 3.63) is 88.9 Å². The van der Waals surface area contributed by atoms with Crippen LogP contribution in [0.1, 0.15) is 82.7 Å². The number of rotatable bonds is 5. The number of aromatic nitrogens is 1. The van der Waals surface area contributed by atoms with Crippen molar-refractivity contribution in [2.45, 2.75) is 97.3 Å². The SMILES string of the molecule is Cc1cc2ccc1[C@@H](C)COC(=O)Nc1cc(F)c(O[C@@H]3COC[C@@H]3O)c(c1)CN(C)C(=O)[C@@H]2Nc1ccc2c(N(C(=O)OC(C)(C)C)C(=O)OC(C)(C)C)nccc2c1. The number of imide groups is 1. The average Bonchev–Trinajstić information content (AvgIpc) is 3.55. The predicted octanol–water partition coefficient (Wildman–Crippen LogP) is 7.97. The van der Waals surface area contributed by atoms with Crippen molar-refractivity contribution in [2.75, 3.05) is 42.4 Å². The number of nitrogens with zero attached hydrogens (tertiary/aromatic N) is 3. The maximum atomic E-state index is 15.8. The molecule has 0 saturated carbocycles. The molecule has 0 unspecified atom stereocenters. The van der Waals surface area contributed by atoms with Gasteiger partial charge >= 0.3 is 18.3 Å². The van der Waals surface area contributed by atoms with E-state index in [1.807, 2.05) is 32.0 Å². The highest BCUT2D eigenvalue weighted by atomic mass is 19.1. The number of halogens is 1. The monoisotopic (exact) mass is 829 g/mol. The van der Waals surface area contributed by atoms with Gasteiger partial charge in [0.05, 0.1) is 19.8 Å². The van der Waals surface area contributed by atoms with Gasteiger partial charge in [0.1, 0.15) is 23.3 Å². The highest BCUT2D eigenvalue weighted by Gasteiger charge is 2.35. The molecule has 4 atom stereocenters. The third kappa shape index (κ3) is 10.2. The summed E-state index contributed by atoms with van der Waals surface area (Å²) < 4.78 is 43.8. The molecule has 3 aliphatic rings. The van der Waals surface area contributed by atoms with Crippen LogP contribution < -0.4 is 20.3 Å². The summed E-state index contributed by atoms with van der Waals surface area (Å²) in [7, 11) is 1.56. The van der Waals surface area contributed by atoms with Crippen LogP contribution in [0, 0.1) is 12.7 Å². The number of aryl methyl sites for hydroxylation is 1. The molecule has 16 heteroatoms. The molecule has 1 aromatic heterocycles. The molecule has 0 radical (unpaired) electrons. The number of aliphatic hydroxyl groups is 1. The predicted molar refractivity (Wildman–Crippen MR) is 222 cm³/mol. The average molecular weight is 830 g/mol. The number of carbonyl (C=O) groups is 4. The van der Waals surface area contributed by atoms with Crippen molar-refractivity contribution >= 4 is 52.2 Å². The van der Waals surface area contributed by atoms with Crippen LogP contribution >= 0.6 is 0 Å². The quantitative estimate of drug-likeness (QED) is 0.166. The first-order valence-corrected chi connectivity index (χ1v) is 19.6. The van der Waals surface area contributed by atoms with E-state index in [2.05, 4.69) is 15.6 Å². The molecular weight excluding hydrogens is 778 g/mol. The number of fused-ring (bicyclic) bond motifs is 10. The standard InChI is InChI=1S/C44H52FN5O10/c1-24-16-27-10-12-31(24)25(2)21-57-40(53)48-30-18-28(37(33(45)19-30)58-35-23-56-22-34(35)51)20-49(9)39(52)36(27)47-29-11-13-32-26(17-29)14-15-46-38(32)50(41(54)59-43(3,4)5)42(55)60-44(6,7)8/h10-19,25,34-36,47,51H,20-23H2,1-9H3,(H,48,53)/t25-,34-,35+,36+/m0/s1. The van der Waals surface area contributed by atoms with Gasteiger partial charge in [0, 0.05) is 54.1 Å². The lowest BCUT2D eigenvalue weighted by Crippen LogP contribution is -2.44. The van der Waals surface area contributed by atoms with Crippen molar-refractivity contribution in [3.8, 4) is 5.75 Å². The Morgan fingerprint density at radius 1 is 0.967 bits per heavy atom. The first-order chi connectivity index (χ1) is 28.2. The van der Waals surface area contributed by atoms with Gasteiger partial charge in [-0.25, -0.2) is 23.8 Å². The highest BCUT2D eigenvalue weighted by Crippen LogP contribution is 2.35. The van der Waals surface area contributed by atoms with E-state index >= 15 is 4.39 Å². The number of carbonyl (C=O) groups excluding carboxylic acids is 4. The molecule has 60 heavy (non-hydrogen) atoms. The third-order valence-corrected chi connectivity index (χ3v) is 9.71. The Morgan fingerprint density at radius 2 is 1.67 bits per heavy atom. The van der Waals surface area contributed by atoms with Crippen LogP contribution in [0.4, 0.5) is 36.0 Å². The largest absolute Gasteiger partial charge is 0.482 e. The highest BCUT2D eigenvalue weighted by molar-refractivity contribution is 6.14. The second kappa shape index (κ2) is 17.3. The minimum atomic E-state index is -0.997. The number of benzene rings is 3. The lowest BCUT2D eigenvalue weighted by Gasteiger charge is -2.29. The number of likely N-dealkylation sites (N-methyl/N-ethyl adjacent to an activating group) is 1. The Morgan fingerprint density at radius 3 is 2.30 bits per heavy atom. The Labute approximate surface area is 348 Å². The molecular formula is C44H52FN5O10. The molecule has 3 aliphatic heterocycles. The fraction of sp³-hybridized carbons (Fsp3) is 0.432. The minimum absolute atomic E-state index is 0.00672. The van der Waals surface area contributed by atoms with E-state index in [9.17, 15) is 24.3 Å². The van der Waals surface area contributed by atoms with Crippen molar-refractivity contribution in [1.29, 1.82) is 0 Å². The molecule has 4 heterocycles. The van der Waals surface area contributed by atoms with Crippen molar-refractivity contribution < 1.29 is 52.4 Å². The van der Waals surface area contributed by atoms with Crippen molar-refractivity contribution in [3.63, 3.8) is 0 Å². The molecule has 3 N–H and O–H groups in total. The molecule has 3 aromatic carbocycles. The zero-order valence-corrected chi connectivity index (χ0v) is 35.3. The Kier molecular flexibility index (Phi) is 12.6. The van der Waals surface area contributed by atoms with Gasteiger partial charge in [0.25, 0.3) is 0 Å². The third-order valence-electron chi connectivity index (χ3n) is 9.71. The van der Waals surface area contributed by atoms with E-state index in [0.717, 1.165) is 22.1 Å². The normalized spacial score (nSPS) is 20.0. The maximum Gasteiger partial charge on any atom is 0.425 e. The van der Waals surface area contributed by atoms with Gasteiger partial charge in [0.2, 0.25) is 5.91 Å². The number of hydrogen-bond donors (Lipinski definition) is 3. The second-order valence-corrected chi connectivity index (χ2v) is 17.1. The molecule has 15 nitrogen and oxygen atoms in total. The first kappa shape index (κ1) is 43.6. The summed E-state index contributed by atoms with van der Waals surface area (Å²) >= 11 is 0. The van der Waals surface area contributed by atoms with Crippen molar-refractivity contribution in [1.82, 2.24) is 9.88 Å². The summed E-state index contributed by atoms with van der Waals surface area (Å²) in [4.78, 5) is 61.2. The van der Waals surface area contributed by atoms with Gasteiger partial charge < -0.3 is 39.0 Å². The summed E-state index contributed by atoms with van der Waals surface area (Å²) in [5.41, 5.74) is 1.33. The van der Waals surface area contributed by atoms with Crippen LogP contribution in [0.3, 0.4) is 0 Å². The summed E-state index contributed by atoms with van der Waals surface area (Å²) in [6.45, 7) is 13.8. The number of aliphatic hydroxyl groups excluding tert-OH is 1. The fourth-order valence-corrected chi connectivity index (χ4v) is 6.94. The molecule has 1 fully saturated rings. The van der Waals surface area contributed by atoms with Crippen LogP contribution in [-0.2, 0) is 30.3 Å². The van der Waals surface area contributed by atoms with Gasteiger partial charge in [-0.15, -0.1) is 0 Å². The van der Waals surface area contributed by atoms with Gasteiger partial charge in [-0.3, -0.25) is 10.1 Å². The van der Waals surface area contributed by atoms with Gasteiger partial charge in [-0.05, 0) is 101 Å². The number of amides is 4. The van der Waals surface area contributed by atoms with Crippen LogP contribution in [0.25, 0.3) is 10.8 Å². The van der Waals surface area contributed by atoms with E-state index in [1.54, 1.807) is 72.9 Å². The summed E-state index contributed by atoms with van der Waals surface area (Å²) in [6.07, 6.45) is -3.12. The fourth-order valence-electron chi connectivity index (χ4n) is 6.94. The first-order valence-electron chi connectivity index (χ1n) is 19.6. The molecule has 320 valence electrons. The summed E-state index contributed by atoms with van der Waals surface area (Å²) in [6, 6.07) is 14.0. The molecule has 4 aromatic rings. The second-order valence-electron chi connectivity index (χ2n) is 17.1. The van der Waals surface area contributed by atoms with Gasteiger partial charge in [0.15, 0.2) is 23.5 Å². The van der Waals surface area contributed by atoms with E-state index in [4.69, 9.17) is 23.7 Å². The van der Waals surface area contributed by atoms with E-state index in [0.29, 0.717) is 22.0 Å². The molecule has 0 aliphatic carbocycles. The van der Waals surface area contributed by atoms with Crippen LogP contribution in [0.5, 0.6) is 5.75 Å². The topological polar surface area (TPSA) is 178 Å². The summed E-state index contributed by atoms with van der Waals surface area (Å²) in [5, 5.41) is 17.4. The number of nitrogens with one attached hydrogen (secondary N) is 2. The number of anilines is 3. The molecule has 7 rings (SSSR count). The maximum absolute atomic E-state index is 15.8. The number of ether oxygens (including phenoxy) is 5. The van der Waals surface area contributed by atoms with E-state index in [1.165, 1.54) is 17.2 Å². The zero-order valence-electron chi connectivity index (χ0n) is 35.3. The van der Waals surface area contributed by atoms with Crippen molar-refractivity contribution in [2.24, 2.45) is 0 Å². The lowest BCUT2D eigenvalue weighted by atomic mass is 9.93. The smallest absolute Gasteiger partial charge is 0.425 e. The van der Waals surface area contributed by atoms with Gasteiger partial charge in [-0.2, -0.15) is 4.90 Å². The van der Waals surface area contributed by atoms with Crippen LogP contribution in [-0.4, -0.2) is 89.5 Å². The minimum Gasteiger partial charge on any atom is -0.482 e. The lowest BCUT2D eigenvalue weighted by molar-refractivity contribution is -0.131. The van der Waals surface area contributed by atoms with Crippen LogP contribution in [0.2, 0.25) is 0 Å². The number of hydrogen-bond acceptors (Lipinski definition) is 12. The molecule has 0 spiro atoms. The summed E-state index contributed by atoms with van der Waals surface area (Å²) in [5.74, 6) is -1.65.